The highest BCUT2D eigenvalue weighted by atomic mass is 79.9. The predicted molar refractivity (Wildman–Crippen MR) is 128 cm³/mol. The Labute approximate surface area is 190 Å². The summed E-state index contributed by atoms with van der Waals surface area (Å²) >= 11 is 4.71. The third kappa shape index (κ3) is 5.29. The van der Waals surface area contributed by atoms with Gasteiger partial charge in [0.2, 0.25) is 10.0 Å². The van der Waals surface area contributed by atoms with Crippen LogP contribution in [0.1, 0.15) is 30.0 Å². The monoisotopic (exact) mass is 509 g/mol. The molecule has 0 aliphatic heterocycles. The van der Waals surface area contributed by atoms with Gasteiger partial charge in [0.25, 0.3) is 0 Å². The normalized spacial score (nSPS) is 12.5. The Kier molecular flexibility index (Phi) is 7.68. The number of fused-ring (bicyclic) bond motifs is 1. The van der Waals surface area contributed by atoms with Gasteiger partial charge in [0.15, 0.2) is 0 Å². The third-order valence-corrected chi connectivity index (χ3v) is 8.04. The van der Waals surface area contributed by atoms with Gasteiger partial charge >= 0.3 is 0 Å². The number of benzene rings is 2. The summed E-state index contributed by atoms with van der Waals surface area (Å²) in [6.07, 6.45) is 6.99. The molecule has 30 heavy (non-hydrogen) atoms. The molecular weight excluding hydrogens is 486 g/mol. The molecule has 3 aromatic rings. The molecule has 0 aliphatic carbocycles. The zero-order valence-corrected chi connectivity index (χ0v) is 20.3. The SMILES string of the molecule is CCCc1ccc(/C=C(\SC)S(=O)(=O)NC)c(OCc2cc(Br)c3occc3c2)c1. The van der Waals surface area contributed by atoms with E-state index in [4.69, 9.17) is 9.15 Å². The van der Waals surface area contributed by atoms with Crippen LogP contribution in [0.25, 0.3) is 17.0 Å². The van der Waals surface area contributed by atoms with Gasteiger partial charge < -0.3 is 9.15 Å². The van der Waals surface area contributed by atoms with E-state index in [0.717, 1.165) is 45.0 Å². The van der Waals surface area contributed by atoms with E-state index in [2.05, 4.69) is 27.6 Å². The maximum Gasteiger partial charge on any atom is 0.246 e. The minimum Gasteiger partial charge on any atom is -0.488 e. The molecule has 0 unspecified atom stereocenters. The van der Waals surface area contributed by atoms with E-state index in [1.807, 2.05) is 36.4 Å². The summed E-state index contributed by atoms with van der Waals surface area (Å²) < 4.78 is 39.7. The molecule has 5 nitrogen and oxygen atoms in total. The van der Waals surface area contributed by atoms with Crippen molar-refractivity contribution < 1.29 is 17.6 Å². The second-order valence-corrected chi connectivity index (χ2v) is 10.5. The van der Waals surface area contributed by atoms with Gasteiger partial charge in [-0.25, -0.2) is 13.1 Å². The van der Waals surface area contributed by atoms with Crippen molar-refractivity contribution >= 4 is 54.8 Å². The number of sulfonamides is 1. The number of aryl methyl sites for hydroxylation is 1. The highest BCUT2D eigenvalue weighted by Gasteiger charge is 2.16. The molecule has 0 bridgehead atoms. The lowest BCUT2D eigenvalue weighted by Gasteiger charge is -2.13. The van der Waals surface area contributed by atoms with Gasteiger partial charge in [-0.1, -0.05) is 25.5 Å². The van der Waals surface area contributed by atoms with Gasteiger partial charge in [-0.15, -0.1) is 11.8 Å². The molecule has 0 saturated carbocycles. The second kappa shape index (κ2) is 10.0. The molecule has 160 valence electrons. The van der Waals surface area contributed by atoms with Gasteiger partial charge in [-0.2, -0.15) is 0 Å². The summed E-state index contributed by atoms with van der Waals surface area (Å²) in [5.74, 6) is 0.655. The van der Waals surface area contributed by atoms with Crippen molar-refractivity contribution in [3.8, 4) is 5.75 Å². The first kappa shape index (κ1) is 22.9. The number of ether oxygens (including phenoxy) is 1. The van der Waals surface area contributed by atoms with Crippen LogP contribution >= 0.6 is 27.7 Å². The lowest BCUT2D eigenvalue weighted by atomic mass is 10.1. The van der Waals surface area contributed by atoms with Crippen LogP contribution in [-0.4, -0.2) is 21.7 Å². The Morgan fingerprint density at radius 1 is 1.23 bits per heavy atom. The fourth-order valence-corrected chi connectivity index (χ4v) is 5.55. The summed E-state index contributed by atoms with van der Waals surface area (Å²) in [7, 11) is -2.13. The number of hydrogen-bond donors (Lipinski definition) is 1. The summed E-state index contributed by atoms with van der Waals surface area (Å²) in [6.45, 7) is 2.47. The summed E-state index contributed by atoms with van der Waals surface area (Å²) in [5, 5.41) is 0.993. The summed E-state index contributed by atoms with van der Waals surface area (Å²) in [4.78, 5) is 0. The maximum atomic E-state index is 12.3. The van der Waals surface area contributed by atoms with E-state index in [9.17, 15) is 8.42 Å². The minimum atomic E-state index is -3.53. The van der Waals surface area contributed by atoms with Gasteiger partial charge in [-0.3, -0.25) is 0 Å². The van der Waals surface area contributed by atoms with Gasteiger partial charge in [0, 0.05) is 10.9 Å². The van der Waals surface area contributed by atoms with Crippen molar-refractivity contribution in [2.45, 2.75) is 26.4 Å². The van der Waals surface area contributed by atoms with E-state index in [1.54, 1.807) is 18.6 Å². The molecule has 0 fully saturated rings. The van der Waals surface area contributed by atoms with Crippen molar-refractivity contribution in [3.05, 3.63) is 68.1 Å². The van der Waals surface area contributed by atoms with E-state index < -0.39 is 10.0 Å². The number of nitrogens with one attached hydrogen (secondary N) is 1. The van der Waals surface area contributed by atoms with Crippen molar-refractivity contribution in [3.63, 3.8) is 0 Å². The Morgan fingerprint density at radius 3 is 2.73 bits per heavy atom. The molecule has 3 rings (SSSR count). The fourth-order valence-electron chi connectivity index (χ4n) is 3.08. The van der Waals surface area contributed by atoms with Crippen molar-refractivity contribution in [1.82, 2.24) is 4.72 Å². The Bertz CT molecular complexity index is 1170. The molecule has 0 spiro atoms. The highest BCUT2D eigenvalue weighted by molar-refractivity contribution is 9.10. The van der Waals surface area contributed by atoms with Crippen LogP contribution in [-0.2, 0) is 23.1 Å². The van der Waals surface area contributed by atoms with Gasteiger partial charge in [0.05, 0.1) is 10.7 Å². The van der Waals surface area contributed by atoms with Crippen LogP contribution in [0.2, 0.25) is 0 Å². The van der Waals surface area contributed by atoms with E-state index in [-0.39, 0.29) is 4.24 Å². The predicted octanol–water partition coefficient (Wildman–Crippen LogP) is 5.94. The summed E-state index contributed by atoms with van der Waals surface area (Å²) in [5.41, 5.74) is 3.66. The lowest BCUT2D eigenvalue weighted by molar-refractivity contribution is 0.305. The molecule has 0 amide bonds. The zero-order valence-electron chi connectivity index (χ0n) is 17.1. The molecule has 1 aromatic heterocycles. The van der Waals surface area contributed by atoms with E-state index in [1.165, 1.54) is 18.8 Å². The molecule has 0 atom stereocenters. The lowest BCUT2D eigenvalue weighted by Crippen LogP contribution is -2.18. The van der Waals surface area contributed by atoms with E-state index in [0.29, 0.717) is 12.4 Å². The first-order valence-electron chi connectivity index (χ1n) is 9.48. The quantitative estimate of drug-likeness (QED) is 0.386. The molecule has 0 saturated heterocycles. The van der Waals surface area contributed by atoms with E-state index >= 15 is 0 Å². The highest BCUT2D eigenvalue weighted by Crippen LogP contribution is 2.31. The van der Waals surface area contributed by atoms with Crippen LogP contribution in [0.3, 0.4) is 0 Å². The van der Waals surface area contributed by atoms with Crippen LogP contribution in [0.4, 0.5) is 0 Å². The number of thioether (sulfide) groups is 1. The molecule has 2 aromatic carbocycles. The molecule has 0 aliphatic rings. The molecule has 0 radical (unpaired) electrons. The van der Waals surface area contributed by atoms with Crippen LogP contribution in [0, 0.1) is 0 Å². The van der Waals surface area contributed by atoms with Crippen molar-refractivity contribution in [2.24, 2.45) is 0 Å². The molecule has 1 heterocycles. The fraction of sp³-hybridized carbons (Fsp3) is 0.273. The first-order valence-corrected chi connectivity index (χ1v) is 13.0. The average molecular weight is 510 g/mol. The molecular formula is C22H24BrNO4S2. The van der Waals surface area contributed by atoms with Crippen molar-refractivity contribution in [2.75, 3.05) is 13.3 Å². The minimum absolute atomic E-state index is 0.237. The number of halogens is 1. The van der Waals surface area contributed by atoms with Crippen molar-refractivity contribution in [1.29, 1.82) is 0 Å². The van der Waals surface area contributed by atoms with Crippen LogP contribution in [0.5, 0.6) is 5.75 Å². The van der Waals surface area contributed by atoms with Gasteiger partial charge in [-0.05, 0) is 77.1 Å². The maximum absolute atomic E-state index is 12.3. The zero-order chi connectivity index (χ0) is 21.7. The molecule has 1 N–H and O–H groups in total. The Morgan fingerprint density at radius 2 is 2.03 bits per heavy atom. The average Bonchev–Trinajstić information content (AvgIpc) is 3.21. The number of rotatable bonds is 9. The van der Waals surface area contributed by atoms with Gasteiger partial charge in [0.1, 0.15) is 22.2 Å². The summed E-state index contributed by atoms with van der Waals surface area (Å²) in [6, 6.07) is 11.8. The number of furan rings is 1. The van der Waals surface area contributed by atoms with Crippen LogP contribution < -0.4 is 9.46 Å². The second-order valence-electron chi connectivity index (χ2n) is 6.70. The molecule has 8 heteroatoms. The van der Waals surface area contributed by atoms with Crippen LogP contribution in [0.15, 0.2) is 55.8 Å². The number of hydrogen-bond acceptors (Lipinski definition) is 5. The first-order chi connectivity index (χ1) is 14.4. The Hall–Kier alpha value is -1.74. The topological polar surface area (TPSA) is 68.5 Å². The largest absolute Gasteiger partial charge is 0.488 e. The standard InChI is InChI=1S/C22H24BrNO4S2/c1-4-5-15-6-7-17(13-21(29-3)30(25,26)24-2)20(12-15)28-14-16-10-18-8-9-27-22(18)19(23)11-16/h6-13,24H,4-5,14H2,1-3H3/b21-13+. The third-order valence-electron chi connectivity index (χ3n) is 4.58. The smallest absolute Gasteiger partial charge is 0.246 e. The Balaban J connectivity index is 1.95.